The van der Waals surface area contributed by atoms with Crippen LogP contribution >= 0.6 is 0 Å². The van der Waals surface area contributed by atoms with E-state index in [-0.39, 0.29) is 13.2 Å². The molecule has 116 valence electrons. The van der Waals surface area contributed by atoms with Crippen LogP contribution in [0, 0.1) is 27.7 Å². The quantitative estimate of drug-likeness (QED) is 0.762. The highest BCUT2D eigenvalue weighted by Crippen LogP contribution is 2.14. The van der Waals surface area contributed by atoms with Crippen LogP contribution in [0.3, 0.4) is 0 Å². The molecule has 0 atom stereocenters. The molecule has 0 aromatic heterocycles. The summed E-state index contributed by atoms with van der Waals surface area (Å²) in [5, 5.41) is 0. The number of hydrogen-bond acceptors (Lipinski definition) is 3. The molecule has 3 heteroatoms. The van der Waals surface area contributed by atoms with Gasteiger partial charge in [-0.3, -0.25) is 0 Å². The van der Waals surface area contributed by atoms with Crippen molar-refractivity contribution in [2.45, 2.75) is 40.9 Å². The van der Waals surface area contributed by atoms with Crippen molar-refractivity contribution in [3.05, 3.63) is 69.8 Å². The summed E-state index contributed by atoms with van der Waals surface area (Å²) < 4.78 is 10.4. The van der Waals surface area contributed by atoms with E-state index in [1.807, 2.05) is 64.1 Å². The van der Waals surface area contributed by atoms with Gasteiger partial charge in [-0.2, -0.15) is 0 Å². The number of carbonyl (C=O) groups is 1. The Hall–Kier alpha value is -2.29. The maximum atomic E-state index is 11.7. The van der Waals surface area contributed by atoms with E-state index >= 15 is 0 Å². The molecule has 2 aromatic rings. The molecular weight excluding hydrogens is 276 g/mol. The number of carbonyl (C=O) groups excluding carboxylic acids is 1. The summed E-state index contributed by atoms with van der Waals surface area (Å²) in [6.07, 6.45) is -0.637. The summed E-state index contributed by atoms with van der Waals surface area (Å²) in [7, 11) is 0. The molecule has 0 saturated carbocycles. The Labute approximate surface area is 131 Å². The molecule has 3 nitrogen and oxygen atoms in total. The first-order valence-corrected chi connectivity index (χ1v) is 7.37. The van der Waals surface area contributed by atoms with Gasteiger partial charge in [0.2, 0.25) is 0 Å². The molecule has 22 heavy (non-hydrogen) atoms. The third-order valence-corrected chi connectivity index (χ3v) is 3.70. The monoisotopic (exact) mass is 298 g/mol. The molecular formula is C19H22O3. The number of aryl methyl sites for hydroxylation is 4. The van der Waals surface area contributed by atoms with E-state index < -0.39 is 6.16 Å². The maximum absolute atomic E-state index is 11.7. The van der Waals surface area contributed by atoms with Gasteiger partial charge in [0.1, 0.15) is 13.2 Å². The van der Waals surface area contributed by atoms with E-state index in [0.29, 0.717) is 0 Å². The molecule has 0 aliphatic carbocycles. The molecule has 0 fully saturated rings. The lowest BCUT2D eigenvalue weighted by Gasteiger charge is -2.10. The highest BCUT2D eigenvalue weighted by atomic mass is 16.7. The predicted octanol–water partition coefficient (Wildman–Crippen LogP) is 4.77. The fourth-order valence-electron chi connectivity index (χ4n) is 2.23. The van der Waals surface area contributed by atoms with Crippen LogP contribution in [0.4, 0.5) is 4.79 Å². The molecule has 0 saturated heterocycles. The molecule has 0 bridgehead atoms. The summed E-state index contributed by atoms with van der Waals surface area (Å²) in [6, 6.07) is 12.2. The second-order valence-corrected chi connectivity index (χ2v) is 5.69. The van der Waals surface area contributed by atoms with Gasteiger partial charge in [0.05, 0.1) is 0 Å². The molecule has 0 aliphatic heterocycles. The van der Waals surface area contributed by atoms with Crippen LogP contribution in [0.1, 0.15) is 33.4 Å². The van der Waals surface area contributed by atoms with Crippen molar-refractivity contribution in [1.82, 2.24) is 0 Å². The van der Waals surface area contributed by atoms with E-state index in [2.05, 4.69) is 0 Å². The molecule has 0 heterocycles. The van der Waals surface area contributed by atoms with Crippen LogP contribution in [0.25, 0.3) is 0 Å². The lowest BCUT2D eigenvalue weighted by atomic mass is 10.1. The van der Waals surface area contributed by atoms with Crippen LogP contribution in [0.2, 0.25) is 0 Å². The average Bonchev–Trinajstić information content (AvgIpc) is 2.49. The lowest BCUT2D eigenvalue weighted by Crippen LogP contribution is -2.09. The van der Waals surface area contributed by atoms with Crippen molar-refractivity contribution in [1.29, 1.82) is 0 Å². The largest absolute Gasteiger partial charge is 0.508 e. The number of ether oxygens (including phenoxy) is 2. The lowest BCUT2D eigenvalue weighted by molar-refractivity contribution is 0.0444. The first-order chi connectivity index (χ1) is 10.5. The summed E-state index contributed by atoms with van der Waals surface area (Å²) in [5.74, 6) is 0. The Morgan fingerprint density at radius 3 is 1.59 bits per heavy atom. The minimum absolute atomic E-state index is 0.235. The van der Waals surface area contributed by atoms with Crippen molar-refractivity contribution in [3.63, 3.8) is 0 Å². The number of hydrogen-bond donors (Lipinski definition) is 0. The van der Waals surface area contributed by atoms with Crippen molar-refractivity contribution in [3.8, 4) is 0 Å². The van der Waals surface area contributed by atoms with E-state index in [9.17, 15) is 4.79 Å². The Kier molecular flexibility index (Phi) is 5.21. The third-order valence-electron chi connectivity index (χ3n) is 3.70. The van der Waals surface area contributed by atoms with Gasteiger partial charge in [0.15, 0.2) is 0 Å². The molecule has 2 rings (SSSR count). The van der Waals surface area contributed by atoms with E-state index in [1.165, 1.54) is 0 Å². The van der Waals surface area contributed by atoms with Gasteiger partial charge in [-0.1, -0.05) is 47.5 Å². The summed E-state index contributed by atoms with van der Waals surface area (Å²) in [4.78, 5) is 11.7. The fraction of sp³-hybridized carbons (Fsp3) is 0.316. The average molecular weight is 298 g/mol. The zero-order chi connectivity index (χ0) is 16.1. The summed E-state index contributed by atoms with van der Waals surface area (Å²) in [5.41, 5.74) is 6.51. The van der Waals surface area contributed by atoms with Crippen molar-refractivity contribution in [2.24, 2.45) is 0 Å². The molecule has 0 unspecified atom stereocenters. The summed E-state index contributed by atoms with van der Waals surface area (Å²) in [6.45, 7) is 8.50. The van der Waals surface area contributed by atoms with Gasteiger partial charge in [-0.05, 0) is 49.9 Å². The second kappa shape index (κ2) is 7.12. The van der Waals surface area contributed by atoms with Gasteiger partial charge >= 0.3 is 6.16 Å². The van der Waals surface area contributed by atoms with Crippen LogP contribution in [-0.4, -0.2) is 6.16 Å². The zero-order valence-electron chi connectivity index (χ0n) is 13.6. The maximum Gasteiger partial charge on any atom is 0.508 e. The molecule has 2 aromatic carbocycles. The zero-order valence-corrected chi connectivity index (χ0v) is 13.6. The smallest absolute Gasteiger partial charge is 0.429 e. The Morgan fingerprint density at radius 1 is 0.773 bits per heavy atom. The molecule has 0 radical (unpaired) electrons. The van der Waals surface area contributed by atoms with E-state index in [1.54, 1.807) is 0 Å². The number of rotatable bonds is 4. The minimum atomic E-state index is -0.637. The Bertz CT molecular complexity index is 617. The van der Waals surface area contributed by atoms with Crippen molar-refractivity contribution >= 4 is 6.16 Å². The van der Waals surface area contributed by atoms with Gasteiger partial charge < -0.3 is 9.47 Å². The summed E-state index contributed by atoms with van der Waals surface area (Å²) >= 11 is 0. The van der Waals surface area contributed by atoms with Gasteiger partial charge in [0, 0.05) is 0 Å². The molecule has 0 aliphatic rings. The first kappa shape index (κ1) is 16.1. The highest BCUT2D eigenvalue weighted by Gasteiger charge is 2.08. The predicted molar refractivity (Wildman–Crippen MR) is 86.8 cm³/mol. The van der Waals surface area contributed by atoms with Crippen LogP contribution in [-0.2, 0) is 22.7 Å². The van der Waals surface area contributed by atoms with Crippen LogP contribution in [0.5, 0.6) is 0 Å². The van der Waals surface area contributed by atoms with E-state index in [0.717, 1.165) is 33.4 Å². The Balaban J connectivity index is 1.88. The topological polar surface area (TPSA) is 35.5 Å². The normalized spacial score (nSPS) is 10.4. The van der Waals surface area contributed by atoms with Crippen LogP contribution in [0.15, 0.2) is 36.4 Å². The first-order valence-electron chi connectivity index (χ1n) is 7.37. The van der Waals surface area contributed by atoms with Crippen LogP contribution < -0.4 is 0 Å². The van der Waals surface area contributed by atoms with E-state index in [4.69, 9.17) is 9.47 Å². The molecule has 0 amide bonds. The van der Waals surface area contributed by atoms with Crippen molar-refractivity contribution in [2.75, 3.05) is 0 Å². The standard InChI is InChI=1S/C19H22O3/c1-13-5-7-15(3)17(9-13)11-21-19(20)22-12-18-10-14(2)6-8-16(18)4/h5-10H,11-12H2,1-4H3. The molecule has 0 spiro atoms. The SMILES string of the molecule is Cc1ccc(C)c(COC(=O)OCc2cc(C)ccc2C)c1. The second-order valence-electron chi connectivity index (χ2n) is 5.69. The van der Waals surface area contributed by atoms with Gasteiger partial charge in [-0.25, -0.2) is 4.79 Å². The number of benzene rings is 2. The minimum Gasteiger partial charge on any atom is -0.429 e. The highest BCUT2D eigenvalue weighted by molar-refractivity contribution is 5.60. The van der Waals surface area contributed by atoms with Gasteiger partial charge in [0.25, 0.3) is 0 Å². The fourth-order valence-corrected chi connectivity index (χ4v) is 2.23. The van der Waals surface area contributed by atoms with Crippen molar-refractivity contribution < 1.29 is 14.3 Å². The van der Waals surface area contributed by atoms with Gasteiger partial charge in [-0.15, -0.1) is 0 Å². The molecule has 0 N–H and O–H groups in total. The Morgan fingerprint density at radius 2 is 1.18 bits per heavy atom. The third kappa shape index (κ3) is 4.35.